The summed E-state index contributed by atoms with van der Waals surface area (Å²) in [6.07, 6.45) is 3.37. The van der Waals surface area contributed by atoms with E-state index in [1.165, 1.54) is 31.3 Å². The van der Waals surface area contributed by atoms with Crippen LogP contribution >= 0.6 is 0 Å². The number of para-hydroxylation sites is 2. The molecule has 1 aliphatic carbocycles. The third kappa shape index (κ3) is 4.04. The van der Waals surface area contributed by atoms with Crippen LogP contribution in [0.4, 0.5) is 5.69 Å². The molecule has 1 heterocycles. The smallest absolute Gasteiger partial charge is 0.265 e. The van der Waals surface area contributed by atoms with E-state index >= 15 is 0 Å². The largest absolute Gasteiger partial charge is 0.495 e. The highest BCUT2D eigenvalue weighted by atomic mass is 32.2. The number of amides is 2. The number of ether oxygens (including phenoxy) is 2. The standard InChI is InChI=1S/C23H26N2O6S/c1-30-19-10-6-5-9-18(19)24-32(28,29)21-13-15(11-12-20(21)31-2)14-25-22(26)16-7-3-4-8-17(16)23(25)27/h5-6,9-13,16-17,24H,3-4,7-8,14H2,1-2H3. The second-order valence-electron chi connectivity index (χ2n) is 8.05. The van der Waals surface area contributed by atoms with Gasteiger partial charge in [0.2, 0.25) is 11.8 Å². The summed E-state index contributed by atoms with van der Waals surface area (Å²) >= 11 is 0. The molecule has 32 heavy (non-hydrogen) atoms. The molecular formula is C23H26N2O6S. The van der Waals surface area contributed by atoms with Gasteiger partial charge in [0.05, 0.1) is 38.3 Å². The van der Waals surface area contributed by atoms with Gasteiger partial charge in [0.15, 0.2) is 0 Å². The minimum absolute atomic E-state index is 0.0336. The van der Waals surface area contributed by atoms with E-state index in [2.05, 4.69) is 4.72 Å². The summed E-state index contributed by atoms with van der Waals surface area (Å²) in [5.74, 6) is -0.278. The van der Waals surface area contributed by atoms with Crippen LogP contribution in [-0.2, 0) is 26.2 Å². The number of rotatable bonds is 7. The van der Waals surface area contributed by atoms with Gasteiger partial charge < -0.3 is 9.47 Å². The lowest BCUT2D eigenvalue weighted by atomic mass is 9.81. The van der Waals surface area contributed by atoms with E-state index in [4.69, 9.17) is 9.47 Å². The number of fused-ring (bicyclic) bond motifs is 1. The number of methoxy groups -OCH3 is 2. The Balaban J connectivity index is 1.63. The first-order chi connectivity index (χ1) is 15.4. The number of nitrogens with zero attached hydrogens (tertiary/aromatic N) is 1. The highest BCUT2D eigenvalue weighted by Gasteiger charge is 2.47. The van der Waals surface area contributed by atoms with Crippen LogP contribution in [0.5, 0.6) is 11.5 Å². The monoisotopic (exact) mass is 458 g/mol. The lowest BCUT2D eigenvalue weighted by Gasteiger charge is -2.19. The molecule has 2 aliphatic rings. The van der Waals surface area contributed by atoms with Crippen LogP contribution in [0.1, 0.15) is 31.2 Å². The topological polar surface area (TPSA) is 102 Å². The van der Waals surface area contributed by atoms with Crippen LogP contribution in [0.2, 0.25) is 0 Å². The number of likely N-dealkylation sites (tertiary alicyclic amines) is 1. The van der Waals surface area contributed by atoms with E-state index in [1.54, 1.807) is 30.3 Å². The van der Waals surface area contributed by atoms with Crippen molar-refractivity contribution < 1.29 is 27.5 Å². The Labute approximate surface area is 187 Å². The minimum Gasteiger partial charge on any atom is -0.495 e. The molecule has 2 aromatic carbocycles. The number of nitrogens with one attached hydrogen (secondary N) is 1. The molecule has 2 fully saturated rings. The third-order valence-corrected chi connectivity index (χ3v) is 7.53. The van der Waals surface area contributed by atoms with Crippen molar-refractivity contribution in [3.63, 3.8) is 0 Å². The van der Waals surface area contributed by atoms with Gasteiger partial charge in [-0.25, -0.2) is 8.42 Å². The van der Waals surface area contributed by atoms with Gasteiger partial charge in [-0.1, -0.05) is 31.0 Å². The average Bonchev–Trinajstić information content (AvgIpc) is 3.04. The predicted octanol–water partition coefficient (Wildman–Crippen LogP) is 3.18. The number of sulfonamides is 1. The van der Waals surface area contributed by atoms with E-state index in [0.717, 1.165) is 25.7 Å². The van der Waals surface area contributed by atoms with Crippen molar-refractivity contribution in [3.05, 3.63) is 48.0 Å². The van der Waals surface area contributed by atoms with Crippen LogP contribution in [0.15, 0.2) is 47.4 Å². The molecule has 1 N–H and O–H groups in total. The summed E-state index contributed by atoms with van der Waals surface area (Å²) in [6, 6.07) is 11.3. The van der Waals surface area contributed by atoms with Crippen molar-refractivity contribution in [3.8, 4) is 11.5 Å². The zero-order valence-corrected chi connectivity index (χ0v) is 18.9. The van der Waals surface area contributed by atoms with Crippen LogP contribution < -0.4 is 14.2 Å². The maximum atomic E-state index is 13.2. The molecule has 0 radical (unpaired) electrons. The molecule has 2 aromatic rings. The highest BCUT2D eigenvalue weighted by Crippen LogP contribution is 2.39. The number of carbonyl (C=O) groups excluding carboxylic acids is 2. The first-order valence-electron chi connectivity index (χ1n) is 10.5. The first-order valence-corrected chi connectivity index (χ1v) is 12.0. The van der Waals surface area contributed by atoms with E-state index in [-0.39, 0.29) is 46.5 Å². The van der Waals surface area contributed by atoms with Gasteiger partial charge >= 0.3 is 0 Å². The molecule has 170 valence electrons. The van der Waals surface area contributed by atoms with Crippen LogP contribution in [0, 0.1) is 11.8 Å². The quantitative estimate of drug-likeness (QED) is 0.640. The van der Waals surface area contributed by atoms with Crippen molar-refractivity contribution in [2.75, 3.05) is 18.9 Å². The molecular weight excluding hydrogens is 432 g/mol. The fourth-order valence-electron chi connectivity index (χ4n) is 4.53. The lowest BCUT2D eigenvalue weighted by Crippen LogP contribution is -2.30. The molecule has 9 heteroatoms. The molecule has 1 aliphatic heterocycles. The van der Waals surface area contributed by atoms with Gasteiger partial charge in [-0.2, -0.15) is 0 Å². The Morgan fingerprint density at radius 3 is 2.19 bits per heavy atom. The summed E-state index contributed by atoms with van der Waals surface area (Å²) in [6.45, 7) is 0.0336. The molecule has 2 unspecified atom stereocenters. The maximum Gasteiger partial charge on any atom is 0.265 e. The van der Waals surface area contributed by atoms with Gasteiger partial charge in [0.25, 0.3) is 10.0 Å². The Hall–Kier alpha value is -3.07. The second kappa shape index (κ2) is 8.82. The predicted molar refractivity (Wildman–Crippen MR) is 118 cm³/mol. The van der Waals surface area contributed by atoms with Crippen LogP contribution in [0.25, 0.3) is 0 Å². The molecule has 1 saturated heterocycles. The number of benzene rings is 2. The van der Waals surface area contributed by atoms with Crippen molar-refractivity contribution in [1.29, 1.82) is 0 Å². The van der Waals surface area contributed by atoms with Gasteiger partial charge in [-0.05, 0) is 42.7 Å². The molecule has 0 spiro atoms. The summed E-state index contributed by atoms with van der Waals surface area (Å²) in [5, 5.41) is 0. The fraction of sp³-hybridized carbons (Fsp3) is 0.391. The Morgan fingerprint density at radius 1 is 0.938 bits per heavy atom. The SMILES string of the molecule is COc1ccccc1NS(=O)(=O)c1cc(CN2C(=O)C3CCCCC3C2=O)ccc1OC. The fourth-order valence-corrected chi connectivity index (χ4v) is 5.82. The second-order valence-corrected chi connectivity index (χ2v) is 9.70. The minimum atomic E-state index is -4.04. The maximum absolute atomic E-state index is 13.2. The number of imide groups is 1. The average molecular weight is 459 g/mol. The molecule has 1 saturated carbocycles. The van der Waals surface area contributed by atoms with Crippen LogP contribution in [0.3, 0.4) is 0 Å². The van der Waals surface area contributed by atoms with Crippen molar-refractivity contribution in [2.45, 2.75) is 37.1 Å². The Morgan fingerprint density at radius 2 is 1.56 bits per heavy atom. The molecule has 0 aromatic heterocycles. The lowest BCUT2D eigenvalue weighted by molar-refractivity contribution is -0.140. The van der Waals surface area contributed by atoms with E-state index in [0.29, 0.717) is 11.3 Å². The number of hydrogen-bond acceptors (Lipinski definition) is 6. The zero-order chi connectivity index (χ0) is 22.9. The van der Waals surface area contributed by atoms with Crippen LogP contribution in [-0.4, -0.2) is 39.4 Å². The Bertz CT molecular complexity index is 1120. The normalized spacial score (nSPS) is 20.8. The summed E-state index contributed by atoms with van der Waals surface area (Å²) in [4.78, 5) is 26.8. The van der Waals surface area contributed by atoms with Gasteiger partial charge in [0, 0.05) is 0 Å². The van der Waals surface area contributed by atoms with Gasteiger partial charge in [0.1, 0.15) is 16.4 Å². The zero-order valence-electron chi connectivity index (χ0n) is 18.0. The summed E-state index contributed by atoms with van der Waals surface area (Å²) in [5.41, 5.74) is 0.822. The van der Waals surface area contributed by atoms with E-state index in [1.807, 2.05) is 0 Å². The number of carbonyl (C=O) groups is 2. The Kier molecular flexibility index (Phi) is 6.10. The first kappa shape index (κ1) is 22.1. The van der Waals surface area contributed by atoms with Gasteiger partial charge in [-0.3, -0.25) is 19.2 Å². The highest BCUT2D eigenvalue weighted by molar-refractivity contribution is 7.92. The molecule has 4 rings (SSSR count). The molecule has 0 bridgehead atoms. The third-order valence-electron chi connectivity index (χ3n) is 6.14. The summed E-state index contributed by atoms with van der Waals surface area (Å²) < 4.78 is 39.4. The van der Waals surface area contributed by atoms with E-state index < -0.39 is 10.0 Å². The van der Waals surface area contributed by atoms with Crippen molar-refractivity contribution >= 4 is 27.5 Å². The van der Waals surface area contributed by atoms with E-state index in [9.17, 15) is 18.0 Å². The summed E-state index contributed by atoms with van der Waals surface area (Å²) in [7, 11) is -1.20. The molecule has 2 amide bonds. The molecule has 8 nitrogen and oxygen atoms in total. The number of hydrogen-bond donors (Lipinski definition) is 1. The van der Waals surface area contributed by atoms with Crippen molar-refractivity contribution in [2.24, 2.45) is 11.8 Å². The van der Waals surface area contributed by atoms with Crippen molar-refractivity contribution in [1.82, 2.24) is 4.90 Å². The molecule has 2 atom stereocenters. The van der Waals surface area contributed by atoms with Gasteiger partial charge in [-0.15, -0.1) is 0 Å². The number of anilines is 1.